The molecule has 2 heterocycles. The first-order chi connectivity index (χ1) is 10.5. The lowest BCUT2D eigenvalue weighted by molar-refractivity contribution is 0.835. The maximum atomic E-state index is 12.4. The Kier molecular flexibility index (Phi) is 3.68. The van der Waals surface area contributed by atoms with Gasteiger partial charge in [-0.05, 0) is 32.9 Å². The fraction of sp³-hybridized carbons (Fsp3) is 0.214. The summed E-state index contributed by atoms with van der Waals surface area (Å²) < 4.78 is 1.45. The zero-order chi connectivity index (χ0) is 15.7. The van der Waals surface area contributed by atoms with Crippen LogP contribution in [0.1, 0.15) is 16.3 Å². The van der Waals surface area contributed by atoms with Crippen LogP contribution < -0.4 is 5.56 Å². The number of rotatable bonds is 3. The van der Waals surface area contributed by atoms with Crippen LogP contribution in [0.4, 0.5) is 10.8 Å². The molecular formula is C14H14N6OS. The van der Waals surface area contributed by atoms with E-state index in [1.54, 1.807) is 6.92 Å². The Morgan fingerprint density at radius 3 is 2.45 bits per heavy atom. The maximum absolute atomic E-state index is 12.4. The Morgan fingerprint density at radius 1 is 1.09 bits per heavy atom. The van der Waals surface area contributed by atoms with Gasteiger partial charge in [0.1, 0.15) is 5.01 Å². The highest BCUT2D eigenvalue weighted by Gasteiger charge is 2.12. The fourth-order valence-electron chi connectivity index (χ4n) is 1.95. The van der Waals surface area contributed by atoms with E-state index in [-0.39, 0.29) is 11.2 Å². The monoisotopic (exact) mass is 314 g/mol. The van der Waals surface area contributed by atoms with Gasteiger partial charge in [-0.1, -0.05) is 29.0 Å². The number of aryl methyl sites for hydroxylation is 3. The number of hydrogen-bond acceptors (Lipinski definition) is 6. The molecule has 1 N–H and O–H groups in total. The molecule has 0 bridgehead atoms. The minimum absolute atomic E-state index is 0.244. The SMILES string of the molecule is Cc1ccc(-n2[nH]c(C)c(N=Nc3nnc(C)s3)c2=O)cc1. The Hall–Kier alpha value is -2.61. The molecule has 112 valence electrons. The van der Waals surface area contributed by atoms with Gasteiger partial charge in [0.25, 0.3) is 10.7 Å². The summed E-state index contributed by atoms with van der Waals surface area (Å²) in [6.07, 6.45) is 0. The first kappa shape index (κ1) is 14.3. The van der Waals surface area contributed by atoms with Crippen molar-refractivity contribution in [3.8, 4) is 5.69 Å². The van der Waals surface area contributed by atoms with Gasteiger partial charge in [0, 0.05) is 0 Å². The Balaban J connectivity index is 1.98. The van der Waals surface area contributed by atoms with E-state index >= 15 is 0 Å². The zero-order valence-corrected chi connectivity index (χ0v) is 13.2. The molecule has 8 heteroatoms. The van der Waals surface area contributed by atoms with Crippen molar-refractivity contribution in [3.63, 3.8) is 0 Å². The van der Waals surface area contributed by atoms with Gasteiger partial charge in [0.05, 0.1) is 11.4 Å². The summed E-state index contributed by atoms with van der Waals surface area (Å²) in [5, 5.41) is 20.0. The van der Waals surface area contributed by atoms with Crippen molar-refractivity contribution >= 4 is 22.2 Å². The molecule has 7 nitrogen and oxygen atoms in total. The van der Waals surface area contributed by atoms with Crippen LogP contribution >= 0.6 is 11.3 Å². The molecule has 1 aromatic carbocycles. The number of aromatic amines is 1. The van der Waals surface area contributed by atoms with Gasteiger partial charge in [0.15, 0.2) is 5.69 Å². The third-order valence-corrected chi connectivity index (χ3v) is 3.81. The summed E-state index contributed by atoms with van der Waals surface area (Å²) in [5.41, 5.74) is 2.56. The van der Waals surface area contributed by atoms with Gasteiger partial charge in [-0.3, -0.25) is 9.89 Å². The lowest BCUT2D eigenvalue weighted by Crippen LogP contribution is -2.13. The third kappa shape index (κ3) is 2.73. The summed E-state index contributed by atoms with van der Waals surface area (Å²) in [7, 11) is 0. The molecule has 0 amide bonds. The number of H-pyrrole nitrogens is 1. The van der Waals surface area contributed by atoms with Crippen molar-refractivity contribution in [2.45, 2.75) is 20.8 Å². The third-order valence-electron chi connectivity index (χ3n) is 3.08. The van der Waals surface area contributed by atoms with E-state index in [9.17, 15) is 4.79 Å². The van der Waals surface area contributed by atoms with E-state index in [0.29, 0.717) is 10.8 Å². The van der Waals surface area contributed by atoms with Crippen molar-refractivity contribution in [2.75, 3.05) is 0 Å². The normalized spacial score (nSPS) is 11.4. The molecule has 3 aromatic rings. The second kappa shape index (κ2) is 5.64. The lowest BCUT2D eigenvalue weighted by Gasteiger charge is -2.01. The second-order valence-electron chi connectivity index (χ2n) is 4.87. The molecule has 2 aromatic heterocycles. The van der Waals surface area contributed by atoms with Crippen molar-refractivity contribution < 1.29 is 0 Å². The molecule has 0 saturated heterocycles. The van der Waals surface area contributed by atoms with Crippen LogP contribution in [0.15, 0.2) is 39.3 Å². The summed E-state index contributed by atoms with van der Waals surface area (Å²) in [6, 6.07) is 7.65. The first-order valence-electron chi connectivity index (χ1n) is 6.65. The molecule has 0 radical (unpaired) electrons. The molecule has 0 aliphatic heterocycles. The van der Waals surface area contributed by atoms with Gasteiger partial charge < -0.3 is 0 Å². The Bertz CT molecular complexity index is 887. The highest BCUT2D eigenvalue weighted by molar-refractivity contribution is 7.14. The van der Waals surface area contributed by atoms with Crippen molar-refractivity contribution in [1.82, 2.24) is 20.0 Å². The van der Waals surface area contributed by atoms with E-state index in [0.717, 1.165) is 16.3 Å². The molecule has 22 heavy (non-hydrogen) atoms. The van der Waals surface area contributed by atoms with Crippen LogP contribution in [0.2, 0.25) is 0 Å². The van der Waals surface area contributed by atoms with E-state index < -0.39 is 0 Å². The highest BCUT2D eigenvalue weighted by Crippen LogP contribution is 2.21. The molecule has 0 fully saturated rings. The van der Waals surface area contributed by atoms with Crippen molar-refractivity contribution in [1.29, 1.82) is 0 Å². The number of benzene rings is 1. The summed E-state index contributed by atoms with van der Waals surface area (Å²) in [4.78, 5) is 12.4. The topological polar surface area (TPSA) is 88.3 Å². The van der Waals surface area contributed by atoms with Crippen LogP contribution in [-0.4, -0.2) is 20.0 Å². The molecule has 0 aliphatic rings. The largest absolute Gasteiger partial charge is 0.299 e. The van der Waals surface area contributed by atoms with Crippen LogP contribution in [0.3, 0.4) is 0 Å². The minimum atomic E-state index is -0.244. The van der Waals surface area contributed by atoms with E-state index in [2.05, 4.69) is 25.5 Å². The number of hydrogen-bond donors (Lipinski definition) is 1. The van der Waals surface area contributed by atoms with Crippen LogP contribution in [-0.2, 0) is 0 Å². The summed E-state index contributed by atoms with van der Waals surface area (Å²) in [5.74, 6) is 0. The Labute approximate surface area is 130 Å². The van der Waals surface area contributed by atoms with Crippen molar-refractivity contribution in [3.05, 3.63) is 50.9 Å². The smallest absolute Gasteiger partial charge is 0.293 e. The highest BCUT2D eigenvalue weighted by atomic mass is 32.1. The van der Waals surface area contributed by atoms with Gasteiger partial charge in [0.2, 0.25) is 0 Å². The van der Waals surface area contributed by atoms with E-state index in [1.165, 1.54) is 16.0 Å². The average molecular weight is 314 g/mol. The van der Waals surface area contributed by atoms with Gasteiger partial charge >= 0.3 is 0 Å². The molecule has 0 spiro atoms. The number of azo groups is 1. The second-order valence-corrected chi connectivity index (χ2v) is 6.03. The minimum Gasteiger partial charge on any atom is -0.293 e. The fourth-order valence-corrected chi connectivity index (χ4v) is 2.46. The molecule has 0 saturated carbocycles. The lowest BCUT2D eigenvalue weighted by atomic mass is 10.2. The van der Waals surface area contributed by atoms with Gasteiger partial charge in [-0.25, -0.2) is 4.68 Å². The number of nitrogens with one attached hydrogen (secondary N) is 1. The molecule has 0 atom stereocenters. The molecule has 0 unspecified atom stereocenters. The summed E-state index contributed by atoms with van der Waals surface area (Å²) >= 11 is 1.32. The predicted octanol–water partition coefficient (Wildman–Crippen LogP) is 3.36. The molecule has 3 rings (SSSR count). The van der Waals surface area contributed by atoms with Crippen LogP contribution in [0.5, 0.6) is 0 Å². The zero-order valence-electron chi connectivity index (χ0n) is 12.4. The van der Waals surface area contributed by atoms with E-state index in [1.807, 2.05) is 38.1 Å². The first-order valence-corrected chi connectivity index (χ1v) is 7.47. The predicted molar refractivity (Wildman–Crippen MR) is 84.7 cm³/mol. The average Bonchev–Trinajstić information content (AvgIpc) is 3.02. The van der Waals surface area contributed by atoms with Crippen LogP contribution in [0, 0.1) is 20.8 Å². The van der Waals surface area contributed by atoms with Crippen molar-refractivity contribution in [2.24, 2.45) is 10.2 Å². The number of aromatic nitrogens is 4. The van der Waals surface area contributed by atoms with E-state index in [4.69, 9.17) is 0 Å². The van der Waals surface area contributed by atoms with Crippen LogP contribution in [0.25, 0.3) is 5.69 Å². The standard InChI is InChI=1S/C14H14N6OS/c1-8-4-6-11(7-5-8)20-13(21)12(9(2)19-20)16-18-14-17-15-10(3)22-14/h4-7,19H,1-3H3. The Morgan fingerprint density at radius 2 is 1.82 bits per heavy atom. The van der Waals surface area contributed by atoms with Gasteiger partial charge in [-0.2, -0.15) is 0 Å². The molecule has 0 aliphatic carbocycles. The quantitative estimate of drug-likeness (QED) is 0.752. The molecular weight excluding hydrogens is 300 g/mol. The number of nitrogens with zero attached hydrogens (tertiary/aromatic N) is 5. The van der Waals surface area contributed by atoms with Gasteiger partial charge in [-0.15, -0.1) is 20.4 Å². The summed E-state index contributed by atoms with van der Waals surface area (Å²) in [6.45, 7) is 5.62. The maximum Gasteiger partial charge on any atom is 0.299 e.